The van der Waals surface area contributed by atoms with Gasteiger partial charge in [-0.2, -0.15) is 0 Å². The summed E-state index contributed by atoms with van der Waals surface area (Å²) in [7, 11) is 2.57. The van der Waals surface area contributed by atoms with Gasteiger partial charge in [-0.25, -0.2) is 0 Å². The molecule has 1 rings (SSSR count). The molecule has 1 saturated heterocycles. The van der Waals surface area contributed by atoms with Crippen LogP contribution in [0.1, 0.15) is 33.1 Å². The van der Waals surface area contributed by atoms with E-state index in [2.05, 4.69) is 45.4 Å². The Bertz CT molecular complexity index is 157. The monoisotopic (exact) mass is 234 g/mol. The zero-order valence-electron chi connectivity index (χ0n) is 9.25. The van der Waals surface area contributed by atoms with Crippen LogP contribution in [-0.2, 0) is 0 Å². The van der Waals surface area contributed by atoms with Gasteiger partial charge in [0.15, 0.2) is 0 Å². The van der Waals surface area contributed by atoms with Gasteiger partial charge in [-0.15, -0.1) is 11.8 Å². The van der Waals surface area contributed by atoms with Crippen LogP contribution in [0.4, 0.5) is 0 Å². The van der Waals surface area contributed by atoms with Crippen LogP contribution in [0.3, 0.4) is 0 Å². The van der Waals surface area contributed by atoms with Gasteiger partial charge in [0, 0.05) is 18.3 Å². The molecule has 14 heavy (non-hydrogen) atoms. The van der Waals surface area contributed by atoms with E-state index in [1.165, 1.54) is 25.0 Å². The molecule has 0 spiro atoms. The Morgan fingerprint density at radius 2 is 2.43 bits per heavy atom. The lowest BCUT2D eigenvalue weighted by Gasteiger charge is -2.13. The standard InChI is InChI=1S/C10H23N2PS/c1-8(6-11-13)4-3-5-10-12-9(2)7-14-10/h8-12H,3-7,13H2,1-2H3/t8-,9?,10?/m1/s1. The summed E-state index contributed by atoms with van der Waals surface area (Å²) in [6, 6.07) is 0.719. The maximum atomic E-state index is 3.60. The Balaban J connectivity index is 1.98. The Kier molecular flexibility index (Phi) is 6.43. The van der Waals surface area contributed by atoms with E-state index in [0.29, 0.717) is 0 Å². The predicted molar refractivity (Wildman–Crippen MR) is 69.6 cm³/mol. The highest BCUT2D eigenvalue weighted by molar-refractivity contribution is 8.00. The van der Waals surface area contributed by atoms with Crippen molar-refractivity contribution in [1.29, 1.82) is 0 Å². The molecule has 1 aliphatic heterocycles. The fourth-order valence-corrected chi connectivity index (χ4v) is 3.48. The summed E-state index contributed by atoms with van der Waals surface area (Å²) in [5, 5.41) is 7.47. The maximum absolute atomic E-state index is 3.60. The van der Waals surface area contributed by atoms with Gasteiger partial charge in [-0.3, -0.25) is 0 Å². The zero-order valence-corrected chi connectivity index (χ0v) is 11.2. The molecule has 1 fully saturated rings. The second kappa shape index (κ2) is 7.05. The summed E-state index contributed by atoms with van der Waals surface area (Å²) in [5.41, 5.74) is 0. The van der Waals surface area contributed by atoms with E-state index in [0.717, 1.165) is 23.9 Å². The number of hydrogen-bond donors (Lipinski definition) is 2. The van der Waals surface area contributed by atoms with Crippen molar-refractivity contribution in [3.8, 4) is 0 Å². The Hall–Kier alpha value is 0.700. The lowest BCUT2D eigenvalue weighted by molar-refractivity contribution is 0.474. The van der Waals surface area contributed by atoms with Gasteiger partial charge in [0.05, 0.1) is 5.37 Å². The average Bonchev–Trinajstić information content (AvgIpc) is 2.52. The smallest absolute Gasteiger partial charge is 0.0535 e. The van der Waals surface area contributed by atoms with E-state index >= 15 is 0 Å². The molecule has 0 saturated carbocycles. The summed E-state index contributed by atoms with van der Waals surface area (Å²) in [5.74, 6) is 2.09. The lowest BCUT2D eigenvalue weighted by Crippen LogP contribution is -2.27. The van der Waals surface area contributed by atoms with Crippen LogP contribution < -0.4 is 10.4 Å². The molecule has 0 radical (unpaired) electrons. The summed E-state index contributed by atoms with van der Waals surface area (Å²) in [4.78, 5) is 0. The maximum Gasteiger partial charge on any atom is 0.0535 e. The third kappa shape index (κ3) is 4.97. The Morgan fingerprint density at radius 3 is 3.00 bits per heavy atom. The second-order valence-electron chi connectivity index (χ2n) is 4.33. The highest BCUT2D eigenvalue weighted by atomic mass is 32.2. The Labute approximate surface area is 94.6 Å². The lowest BCUT2D eigenvalue weighted by atomic mass is 10.0. The molecule has 1 aliphatic rings. The first-order chi connectivity index (χ1) is 6.72. The van der Waals surface area contributed by atoms with Crippen LogP contribution in [-0.4, -0.2) is 23.7 Å². The van der Waals surface area contributed by atoms with Crippen LogP contribution in [0, 0.1) is 5.92 Å². The van der Waals surface area contributed by atoms with Crippen LogP contribution in [0.15, 0.2) is 0 Å². The van der Waals surface area contributed by atoms with Crippen molar-refractivity contribution in [3.05, 3.63) is 0 Å². The topological polar surface area (TPSA) is 24.1 Å². The molecule has 0 aromatic heterocycles. The molecule has 1 heterocycles. The fourth-order valence-electron chi connectivity index (χ4n) is 1.80. The van der Waals surface area contributed by atoms with E-state index in [1.54, 1.807) is 0 Å². The van der Waals surface area contributed by atoms with Gasteiger partial charge < -0.3 is 10.4 Å². The first-order valence-corrected chi connectivity index (χ1v) is 7.16. The summed E-state index contributed by atoms with van der Waals surface area (Å²) in [6.07, 6.45) is 4.02. The van der Waals surface area contributed by atoms with Gasteiger partial charge in [0.25, 0.3) is 0 Å². The third-order valence-corrected chi connectivity index (χ3v) is 4.35. The van der Waals surface area contributed by atoms with Crippen LogP contribution in [0.5, 0.6) is 0 Å². The molecule has 84 valence electrons. The average molecular weight is 234 g/mol. The molecular formula is C10H23N2PS. The molecular weight excluding hydrogens is 211 g/mol. The third-order valence-electron chi connectivity index (χ3n) is 2.65. The van der Waals surface area contributed by atoms with E-state index in [1.807, 2.05) is 0 Å². The van der Waals surface area contributed by atoms with Crippen molar-refractivity contribution in [2.75, 3.05) is 12.3 Å². The predicted octanol–water partition coefficient (Wildman–Crippen LogP) is 2.22. The van der Waals surface area contributed by atoms with Crippen molar-refractivity contribution in [2.24, 2.45) is 5.92 Å². The zero-order chi connectivity index (χ0) is 10.4. The largest absolute Gasteiger partial charge is 0.302 e. The molecule has 0 amide bonds. The fraction of sp³-hybridized carbons (Fsp3) is 1.00. The molecule has 0 aromatic carbocycles. The number of nitrogens with one attached hydrogen (secondary N) is 2. The van der Waals surface area contributed by atoms with Gasteiger partial charge in [-0.05, 0) is 25.7 Å². The molecule has 2 nitrogen and oxygen atoms in total. The van der Waals surface area contributed by atoms with Crippen molar-refractivity contribution in [3.63, 3.8) is 0 Å². The van der Waals surface area contributed by atoms with Crippen molar-refractivity contribution in [1.82, 2.24) is 10.4 Å². The summed E-state index contributed by atoms with van der Waals surface area (Å²) >= 11 is 2.08. The van der Waals surface area contributed by atoms with Gasteiger partial charge in [-0.1, -0.05) is 22.7 Å². The van der Waals surface area contributed by atoms with Gasteiger partial charge in [0.1, 0.15) is 0 Å². The van der Waals surface area contributed by atoms with E-state index in [-0.39, 0.29) is 0 Å². The number of rotatable bonds is 6. The van der Waals surface area contributed by atoms with Gasteiger partial charge >= 0.3 is 0 Å². The molecule has 2 N–H and O–H groups in total. The summed E-state index contributed by atoms with van der Waals surface area (Å²) in [6.45, 7) is 5.70. The van der Waals surface area contributed by atoms with E-state index < -0.39 is 0 Å². The van der Waals surface area contributed by atoms with Gasteiger partial charge in [0.2, 0.25) is 0 Å². The minimum absolute atomic E-state index is 0.719. The molecule has 4 heteroatoms. The minimum atomic E-state index is 0.719. The highest BCUT2D eigenvalue weighted by Crippen LogP contribution is 2.23. The van der Waals surface area contributed by atoms with Crippen LogP contribution in [0.25, 0.3) is 0 Å². The number of hydrogen-bond acceptors (Lipinski definition) is 3. The van der Waals surface area contributed by atoms with Crippen molar-refractivity contribution in [2.45, 2.75) is 44.5 Å². The second-order valence-corrected chi connectivity index (χ2v) is 5.98. The van der Waals surface area contributed by atoms with Crippen molar-refractivity contribution < 1.29 is 0 Å². The van der Waals surface area contributed by atoms with Crippen LogP contribution >= 0.6 is 21.2 Å². The number of thioether (sulfide) groups is 1. The van der Waals surface area contributed by atoms with Crippen LogP contribution in [0.2, 0.25) is 0 Å². The Morgan fingerprint density at radius 1 is 1.64 bits per heavy atom. The first kappa shape index (κ1) is 12.8. The molecule has 0 aromatic rings. The minimum Gasteiger partial charge on any atom is -0.302 e. The normalized spacial score (nSPS) is 29.4. The van der Waals surface area contributed by atoms with E-state index in [9.17, 15) is 0 Å². The SMILES string of the molecule is CC1CSC(CCC[C@@H](C)CNP)N1. The van der Waals surface area contributed by atoms with E-state index in [4.69, 9.17) is 0 Å². The van der Waals surface area contributed by atoms with Crippen molar-refractivity contribution >= 4 is 21.2 Å². The molecule has 0 aliphatic carbocycles. The highest BCUT2D eigenvalue weighted by Gasteiger charge is 2.19. The molecule has 3 unspecified atom stereocenters. The molecule has 0 bridgehead atoms. The molecule has 4 atom stereocenters. The quantitative estimate of drug-likeness (QED) is 0.689. The first-order valence-electron chi connectivity index (χ1n) is 5.53. The summed E-state index contributed by atoms with van der Waals surface area (Å²) < 4.78 is 0.